The fourth-order valence-corrected chi connectivity index (χ4v) is 3.87. The molecule has 0 aliphatic carbocycles. The Balaban J connectivity index is 1.99. The van der Waals surface area contributed by atoms with E-state index in [4.69, 9.17) is 5.11 Å². The lowest BCUT2D eigenvalue weighted by molar-refractivity contribution is 0.0697. The number of imidazole rings is 1. The van der Waals surface area contributed by atoms with E-state index in [0.717, 1.165) is 23.4 Å². The summed E-state index contributed by atoms with van der Waals surface area (Å²) in [6, 6.07) is 5.19. The normalized spacial score (nSPS) is 19.1. The number of rotatable bonds is 3. The molecule has 1 aromatic carbocycles. The van der Waals surface area contributed by atoms with Crippen molar-refractivity contribution in [3.8, 4) is 0 Å². The summed E-state index contributed by atoms with van der Waals surface area (Å²) in [5.74, 6) is 3.24. The quantitative estimate of drug-likeness (QED) is 0.936. The number of hydrogen-bond acceptors (Lipinski definition) is 3. The van der Waals surface area contributed by atoms with E-state index >= 15 is 0 Å². The van der Waals surface area contributed by atoms with E-state index in [0.29, 0.717) is 11.5 Å². The summed E-state index contributed by atoms with van der Waals surface area (Å²) in [6.07, 6.45) is 1.26. The summed E-state index contributed by atoms with van der Waals surface area (Å²) in [4.78, 5) is 15.5. The third kappa shape index (κ3) is 2.34. The van der Waals surface area contributed by atoms with Crippen molar-refractivity contribution in [2.75, 3.05) is 11.5 Å². The number of aromatic carboxylic acids is 1. The maximum Gasteiger partial charge on any atom is 0.335 e. The predicted molar refractivity (Wildman–Crippen MR) is 76.9 cm³/mol. The predicted octanol–water partition coefficient (Wildman–Crippen LogP) is 2.80. The number of aromatic nitrogens is 2. The Morgan fingerprint density at radius 1 is 1.58 bits per heavy atom. The maximum atomic E-state index is 11.0. The maximum absolute atomic E-state index is 11.0. The Morgan fingerprint density at radius 2 is 2.42 bits per heavy atom. The number of carboxylic acid groups (broad SMARTS) is 1. The van der Waals surface area contributed by atoms with Gasteiger partial charge in [0.25, 0.3) is 0 Å². The fourth-order valence-electron chi connectivity index (χ4n) is 2.60. The molecule has 1 aliphatic rings. The Labute approximate surface area is 115 Å². The molecule has 0 amide bonds. The van der Waals surface area contributed by atoms with Crippen LogP contribution < -0.4 is 0 Å². The lowest BCUT2D eigenvalue weighted by Crippen LogP contribution is -2.11. The molecule has 0 saturated carbocycles. The lowest BCUT2D eigenvalue weighted by atomic mass is 10.1. The molecule has 19 heavy (non-hydrogen) atoms. The van der Waals surface area contributed by atoms with Gasteiger partial charge in [-0.05, 0) is 49.0 Å². The second-order valence-corrected chi connectivity index (χ2v) is 6.16. The number of carboxylic acids is 1. The standard InChI is InChI=1S/C14H16N2O2S/c1-9-15-12-6-11(14(17)18)2-3-13(12)16(9)7-10-4-5-19-8-10/h2-3,6,10H,4-5,7-8H2,1H3,(H,17,18). The van der Waals surface area contributed by atoms with Crippen LogP contribution in [0.1, 0.15) is 22.6 Å². The van der Waals surface area contributed by atoms with Gasteiger partial charge in [0, 0.05) is 6.54 Å². The zero-order valence-electron chi connectivity index (χ0n) is 10.8. The number of carbonyl (C=O) groups is 1. The molecule has 1 fully saturated rings. The van der Waals surface area contributed by atoms with Crippen LogP contribution in [0.15, 0.2) is 18.2 Å². The number of aryl methyl sites for hydroxylation is 1. The van der Waals surface area contributed by atoms with Crippen LogP contribution in [0.4, 0.5) is 0 Å². The van der Waals surface area contributed by atoms with Crippen molar-refractivity contribution < 1.29 is 9.90 Å². The zero-order valence-corrected chi connectivity index (χ0v) is 11.6. The molecule has 1 unspecified atom stereocenters. The molecule has 1 N–H and O–H groups in total. The SMILES string of the molecule is Cc1nc2cc(C(=O)O)ccc2n1CC1CCSC1. The second kappa shape index (κ2) is 4.89. The highest BCUT2D eigenvalue weighted by atomic mass is 32.2. The smallest absolute Gasteiger partial charge is 0.335 e. The van der Waals surface area contributed by atoms with E-state index < -0.39 is 5.97 Å². The van der Waals surface area contributed by atoms with Gasteiger partial charge in [-0.25, -0.2) is 9.78 Å². The number of benzene rings is 1. The van der Waals surface area contributed by atoms with Crippen molar-refractivity contribution in [1.82, 2.24) is 9.55 Å². The van der Waals surface area contributed by atoms with Gasteiger partial charge in [0.2, 0.25) is 0 Å². The second-order valence-electron chi connectivity index (χ2n) is 5.01. The Hall–Kier alpha value is -1.49. The fraction of sp³-hybridized carbons (Fsp3) is 0.429. The topological polar surface area (TPSA) is 55.1 Å². The van der Waals surface area contributed by atoms with Gasteiger partial charge in [-0.1, -0.05) is 0 Å². The van der Waals surface area contributed by atoms with Gasteiger partial charge >= 0.3 is 5.97 Å². The van der Waals surface area contributed by atoms with Crippen LogP contribution in [0, 0.1) is 12.8 Å². The van der Waals surface area contributed by atoms with Crippen molar-refractivity contribution in [2.24, 2.45) is 5.92 Å². The Bertz CT molecular complexity index is 630. The van der Waals surface area contributed by atoms with Crippen LogP contribution in [-0.2, 0) is 6.54 Å². The van der Waals surface area contributed by atoms with Crippen molar-refractivity contribution in [3.05, 3.63) is 29.6 Å². The monoisotopic (exact) mass is 276 g/mol. The highest BCUT2D eigenvalue weighted by Gasteiger charge is 2.18. The number of hydrogen-bond donors (Lipinski definition) is 1. The molecular weight excluding hydrogens is 260 g/mol. The molecular formula is C14H16N2O2S. The summed E-state index contributed by atoms with van der Waals surface area (Å²) < 4.78 is 2.22. The average Bonchev–Trinajstić information content (AvgIpc) is 2.98. The first-order valence-electron chi connectivity index (χ1n) is 6.43. The van der Waals surface area contributed by atoms with Gasteiger partial charge in [0.05, 0.1) is 16.6 Å². The molecule has 100 valence electrons. The molecule has 1 saturated heterocycles. The molecule has 1 aromatic heterocycles. The van der Waals surface area contributed by atoms with Crippen molar-refractivity contribution >= 4 is 28.8 Å². The number of fused-ring (bicyclic) bond motifs is 1. The molecule has 2 aromatic rings. The largest absolute Gasteiger partial charge is 0.478 e. The van der Waals surface area contributed by atoms with E-state index in [1.54, 1.807) is 12.1 Å². The molecule has 4 nitrogen and oxygen atoms in total. The molecule has 1 atom stereocenters. The molecule has 0 bridgehead atoms. The molecule has 2 heterocycles. The Morgan fingerprint density at radius 3 is 3.11 bits per heavy atom. The summed E-state index contributed by atoms with van der Waals surface area (Å²) in [6.45, 7) is 2.98. The molecule has 0 spiro atoms. The van der Waals surface area contributed by atoms with Crippen molar-refractivity contribution in [1.29, 1.82) is 0 Å². The van der Waals surface area contributed by atoms with Crippen LogP contribution in [-0.4, -0.2) is 32.1 Å². The van der Waals surface area contributed by atoms with Crippen molar-refractivity contribution in [2.45, 2.75) is 19.9 Å². The van der Waals surface area contributed by atoms with E-state index in [1.807, 2.05) is 24.8 Å². The van der Waals surface area contributed by atoms with Gasteiger partial charge in [0.15, 0.2) is 0 Å². The minimum absolute atomic E-state index is 0.300. The molecule has 3 rings (SSSR count). The van der Waals surface area contributed by atoms with Crippen LogP contribution in [0.2, 0.25) is 0 Å². The van der Waals surface area contributed by atoms with E-state index in [1.165, 1.54) is 17.9 Å². The first-order chi connectivity index (χ1) is 9.15. The van der Waals surface area contributed by atoms with Gasteiger partial charge in [-0.2, -0.15) is 11.8 Å². The van der Waals surface area contributed by atoms with Gasteiger partial charge in [-0.3, -0.25) is 0 Å². The van der Waals surface area contributed by atoms with E-state index in [-0.39, 0.29) is 0 Å². The van der Waals surface area contributed by atoms with Crippen LogP contribution in [0.25, 0.3) is 11.0 Å². The van der Waals surface area contributed by atoms with Crippen LogP contribution >= 0.6 is 11.8 Å². The average molecular weight is 276 g/mol. The van der Waals surface area contributed by atoms with Gasteiger partial charge in [0.1, 0.15) is 5.82 Å². The molecule has 5 heteroatoms. The lowest BCUT2D eigenvalue weighted by Gasteiger charge is -2.12. The third-order valence-electron chi connectivity index (χ3n) is 3.65. The molecule has 1 aliphatic heterocycles. The summed E-state index contributed by atoms with van der Waals surface area (Å²) >= 11 is 2.01. The highest BCUT2D eigenvalue weighted by Crippen LogP contribution is 2.27. The van der Waals surface area contributed by atoms with Crippen LogP contribution in [0.3, 0.4) is 0 Å². The number of nitrogens with zero attached hydrogens (tertiary/aromatic N) is 2. The summed E-state index contributed by atoms with van der Waals surface area (Å²) in [5.41, 5.74) is 2.12. The van der Waals surface area contributed by atoms with Gasteiger partial charge < -0.3 is 9.67 Å². The summed E-state index contributed by atoms with van der Waals surface area (Å²) in [5, 5.41) is 9.01. The minimum Gasteiger partial charge on any atom is -0.478 e. The first-order valence-corrected chi connectivity index (χ1v) is 7.58. The Kier molecular flexibility index (Phi) is 3.22. The highest BCUT2D eigenvalue weighted by molar-refractivity contribution is 7.99. The third-order valence-corrected chi connectivity index (χ3v) is 4.88. The minimum atomic E-state index is -0.902. The molecule has 0 radical (unpaired) electrons. The van der Waals surface area contributed by atoms with Crippen LogP contribution in [0.5, 0.6) is 0 Å². The van der Waals surface area contributed by atoms with Crippen molar-refractivity contribution in [3.63, 3.8) is 0 Å². The van der Waals surface area contributed by atoms with E-state index in [9.17, 15) is 4.79 Å². The van der Waals surface area contributed by atoms with E-state index in [2.05, 4.69) is 9.55 Å². The number of thioether (sulfide) groups is 1. The first kappa shape index (κ1) is 12.5. The summed E-state index contributed by atoms with van der Waals surface area (Å²) in [7, 11) is 0. The van der Waals surface area contributed by atoms with Gasteiger partial charge in [-0.15, -0.1) is 0 Å². The zero-order chi connectivity index (χ0) is 13.4.